The normalized spacial score (nSPS) is 12.0. The second-order valence-corrected chi connectivity index (χ2v) is 9.22. The van der Waals surface area contributed by atoms with E-state index < -0.39 is 0 Å². The van der Waals surface area contributed by atoms with Crippen LogP contribution in [0.4, 0.5) is 5.69 Å². The summed E-state index contributed by atoms with van der Waals surface area (Å²) in [5.41, 5.74) is 4.40. The predicted molar refractivity (Wildman–Crippen MR) is 137 cm³/mol. The Balaban J connectivity index is 1.38. The first-order valence-corrected chi connectivity index (χ1v) is 12.2. The molecule has 1 aromatic heterocycles. The molecule has 9 heteroatoms. The van der Waals surface area contributed by atoms with E-state index in [1.807, 2.05) is 60.2 Å². The maximum absolute atomic E-state index is 12.7. The molecule has 3 aromatic carbocycles. The number of nitrogens with one attached hydrogen (secondary N) is 1. The topological polar surface area (TPSA) is 74.6 Å². The highest BCUT2D eigenvalue weighted by molar-refractivity contribution is 7.99. The number of imidazole rings is 1. The van der Waals surface area contributed by atoms with Gasteiger partial charge in [-0.25, -0.2) is 4.98 Å². The van der Waals surface area contributed by atoms with E-state index in [-0.39, 0.29) is 18.5 Å². The van der Waals surface area contributed by atoms with Crippen molar-refractivity contribution in [2.75, 3.05) is 25.0 Å². The number of carbonyl (C=O) groups is 1. The minimum Gasteiger partial charge on any atom is -0.495 e. The van der Waals surface area contributed by atoms with Crippen LogP contribution < -0.4 is 19.5 Å². The van der Waals surface area contributed by atoms with Crippen LogP contribution in [0, 0.1) is 6.92 Å². The fourth-order valence-electron chi connectivity index (χ4n) is 3.62. The van der Waals surface area contributed by atoms with E-state index in [4.69, 9.17) is 30.8 Å². The van der Waals surface area contributed by atoms with Gasteiger partial charge < -0.3 is 19.5 Å². The van der Waals surface area contributed by atoms with Gasteiger partial charge in [0.1, 0.15) is 5.75 Å². The number of methoxy groups -OCH3 is 1. The van der Waals surface area contributed by atoms with Crippen LogP contribution in [0.25, 0.3) is 16.9 Å². The van der Waals surface area contributed by atoms with Crippen LogP contribution in [-0.2, 0) is 4.79 Å². The number of halogens is 1. The number of carbonyl (C=O) groups excluding carboxylic acids is 1. The Morgan fingerprint density at radius 3 is 2.69 bits per heavy atom. The molecule has 4 aromatic rings. The summed E-state index contributed by atoms with van der Waals surface area (Å²) in [4.78, 5) is 17.5. The Morgan fingerprint density at radius 1 is 1.11 bits per heavy atom. The number of ether oxygens (including phenoxy) is 3. The van der Waals surface area contributed by atoms with Crippen molar-refractivity contribution in [1.82, 2.24) is 9.55 Å². The van der Waals surface area contributed by atoms with Gasteiger partial charge in [-0.05, 0) is 55.5 Å². The van der Waals surface area contributed by atoms with Gasteiger partial charge in [-0.15, -0.1) is 0 Å². The predicted octanol–water partition coefficient (Wildman–Crippen LogP) is 5.97. The molecule has 1 aliphatic rings. The molecule has 2 heterocycles. The van der Waals surface area contributed by atoms with Crippen molar-refractivity contribution in [3.8, 4) is 34.2 Å². The monoisotopic (exact) mass is 507 g/mol. The number of benzene rings is 3. The quantitative estimate of drug-likeness (QED) is 0.311. The third-order valence-electron chi connectivity index (χ3n) is 5.42. The van der Waals surface area contributed by atoms with E-state index in [0.717, 1.165) is 28.3 Å². The molecular weight excluding hydrogens is 486 g/mol. The van der Waals surface area contributed by atoms with Gasteiger partial charge >= 0.3 is 0 Å². The summed E-state index contributed by atoms with van der Waals surface area (Å²) in [6.07, 6.45) is 1.96. The zero-order chi connectivity index (χ0) is 24.4. The first kappa shape index (κ1) is 23.1. The standard InChI is InChI=1S/C26H22ClN3O4S/c1-16-3-7-19(8-4-16)30-13-21(17-5-9-23-24(11-17)34-15-33-23)29-26(30)35-14-25(31)28-18-6-10-22(32-2)20(27)12-18/h3-13H,14-15H2,1-2H3,(H,28,31). The molecule has 1 N–H and O–H groups in total. The number of amides is 1. The zero-order valence-corrected chi connectivity index (χ0v) is 20.7. The van der Waals surface area contributed by atoms with Crippen molar-refractivity contribution in [1.29, 1.82) is 0 Å². The Morgan fingerprint density at radius 2 is 1.91 bits per heavy atom. The summed E-state index contributed by atoms with van der Waals surface area (Å²) in [5, 5.41) is 4.00. The highest BCUT2D eigenvalue weighted by Gasteiger charge is 2.18. The third-order valence-corrected chi connectivity index (χ3v) is 6.67. The molecule has 0 saturated carbocycles. The molecular formula is C26H22ClN3O4S. The molecule has 0 aliphatic carbocycles. The number of aryl methyl sites for hydroxylation is 1. The zero-order valence-electron chi connectivity index (χ0n) is 19.1. The highest BCUT2D eigenvalue weighted by Crippen LogP contribution is 2.37. The number of hydrogen-bond donors (Lipinski definition) is 1. The van der Waals surface area contributed by atoms with Crippen LogP contribution in [0.1, 0.15) is 5.56 Å². The van der Waals surface area contributed by atoms with Crippen molar-refractivity contribution in [2.45, 2.75) is 12.1 Å². The van der Waals surface area contributed by atoms with Crippen LogP contribution in [-0.4, -0.2) is 35.1 Å². The fraction of sp³-hybridized carbons (Fsp3) is 0.154. The third kappa shape index (κ3) is 5.08. The number of thioether (sulfide) groups is 1. The van der Waals surface area contributed by atoms with Crippen molar-refractivity contribution < 1.29 is 19.0 Å². The molecule has 0 spiro atoms. The average Bonchev–Trinajstić information content (AvgIpc) is 3.50. The Labute approximate surface area is 212 Å². The van der Waals surface area contributed by atoms with Crippen LogP contribution >= 0.6 is 23.4 Å². The number of fused-ring (bicyclic) bond motifs is 1. The van der Waals surface area contributed by atoms with Gasteiger partial charge in [-0.1, -0.05) is 41.1 Å². The molecule has 0 fully saturated rings. The van der Waals surface area contributed by atoms with Crippen molar-refractivity contribution in [3.63, 3.8) is 0 Å². The van der Waals surface area contributed by atoms with E-state index in [1.54, 1.807) is 25.3 Å². The molecule has 1 amide bonds. The molecule has 0 radical (unpaired) electrons. The number of nitrogens with zero attached hydrogens (tertiary/aromatic N) is 2. The highest BCUT2D eigenvalue weighted by atomic mass is 35.5. The number of rotatable bonds is 7. The summed E-state index contributed by atoms with van der Waals surface area (Å²) in [6, 6.07) is 19.0. The van der Waals surface area contributed by atoms with E-state index in [2.05, 4.69) is 5.32 Å². The lowest BCUT2D eigenvalue weighted by Gasteiger charge is -2.09. The first-order valence-electron chi connectivity index (χ1n) is 10.8. The molecule has 0 unspecified atom stereocenters. The molecule has 1 aliphatic heterocycles. The van der Waals surface area contributed by atoms with Gasteiger partial charge in [0.25, 0.3) is 0 Å². The molecule has 5 rings (SSSR count). The Hall–Kier alpha value is -3.62. The minimum absolute atomic E-state index is 0.167. The second-order valence-electron chi connectivity index (χ2n) is 7.87. The molecule has 0 atom stereocenters. The van der Waals surface area contributed by atoms with Gasteiger partial charge in [0.05, 0.1) is 23.6 Å². The van der Waals surface area contributed by atoms with Crippen LogP contribution in [0.15, 0.2) is 72.0 Å². The maximum Gasteiger partial charge on any atom is 0.234 e. The number of anilines is 1. The van der Waals surface area contributed by atoms with Crippen LogP contribution in [0.2, 0.25) is 5.02 Å². The van der Waals surface area contributed by atoms with E-state index in [0.29, 0.717) is 27.4 Å². The van der Waals surface area contributed by atoms with Crippen molar-refractivity contribution in [2.24, 2.45) is 0 Å². The maximum atomic E-state index is 12.7. The minimum atomic E-state index is -0.167. The second kappa shape index (κ2) is 9.93. The van der Waals surface area contributed by atoms with Crippen LogP contribution in [0.3, 0.4) is 0 Å². The lowest BCUT2D eigenvalue weighted by atomic mass is 10.1. The summed E-state index contributed by atoms with van der Waals surface area (Å²) in [5.74, 6) is 1.97. The average molecular weight is 508 g/mol. The Kier molecular flexibility index (Phi) is 6.57. The lowest BCUT2D eigenvalue weighted by Crippen LogP contribution is -2.14. The lowest BCUT2D eigenvalue weighted by molar-refractivity contribution is -0.113. The van der Waals surface area contributed by atoms with Crippen molar-refractivity contribution >= 4 is 35.0 Å². The van der Waals surface area contributed by atoms with Gasteiger partial charge in [-0.3, -0.25) is 9.36 Å². The van der Waals surface area contributed by atoms with Gasteiger partial charge in [0.15, 0.2) is 16.7 Å². The molecule has 0 bridgehead atoms. The van der Waals surface area contributed by atoms with Gasteiger partial charge in [0, 0.05) is 23.1 Å². The summed E-state index contributed by atoms with van der Waals surface area (Å²) >= 11 is 7.52. The van der Waals surface area contributed by atoms with Crippen LogP contribution in [0.5, 0.6) is 17.2 Å². The molecule has 0 saturated heterocycles. The largest absolute Gasteiger partial charge is 0.495 e. The van der Waals surface area contributed by atoms with E-state index in [1.165, 1.54) is 11.8 Å². The van der Waals surface area contributed by atoms with Crippen molar-refractivity contribution in [3.05, 3.63) is 77.4 Å². The SMILES string of the molecule is COc1ccc(NC(=O)CSc2nc(-c3ccc4c(c3)OCO4)cn2-c2ccc(C)cc2)cc1Cl. The summed E-state index contributed by atoms with van der Waals surface area (Å²) < 4.78 is 18.1. The van der Waals surface area contributed by atoms with E-state index >= 15 is 0 Å². The summed E-state index contributed by atoms with van der Waals surface area (Å²) in [6.45, 7) is 2.26. The first-order chi connectivity index (χ1) is 17.0. The molecule has 178 valence electrons. The molecule has 7 nitrogen and oxygen atoms in total. The summed E-state index contributed by atoms with van der Waals surface area (Å²) in [7, 11) is 1.55. The van der Waals surface area contributed by atoms with Gasteiger partial charge in [-0.2, -0.15) is 0 Å². The molecule has 35 heavy (non-hydrogen) atoms. The Bertz CT molecular complexity index is 1390. The number of hydrogen-bond acceptors (Lipinski definition) is 6. The fourth-order valence-corrected chi connectivity index (χ4v) is 4.67. The number of aromatic nitrogens is 2. The van der Waals surface area contributed by atoms with E-state index in [9.17, 15) is 4.79 Å². The van der Waals surface area contributed by atoms with Gasteiger partial charge in [0.2, 0.25) is 12.7 Å². The smallest absolute Gasteiger partial charge is 0.234 e.